The van der Waals surface area contributed by atoms with Gasteiger partial charge in [-0.15, -0.1) is 0 Å². The van der Waals surface area contributed by atoms with Gasteiger partial charge < -0.3 is 15.4 Å². The molecule has 3 aromatic rings. The van der Waals surface area contributed by atoms with Crippen molar-refractivity contribution in [2.24, 2.45) is 0 Å². The lowest BCUT2D eigenvalue weighted by molar-refractivity contribution is 0.231. The largest absolute Gasteiger partial charge is 0.474 e. The van der Waals surface area contributed by atoms with E-state index in [4.69, 9.17) is 9.72 Å². The van der Waals surface area contributed by atoms with E-state index < -0.39 is 0 Å². The maximum atomic E-state index is 5.70. The summed E-state index contributed by atoms with van der Waals surface area (Å²) in [4.78, 5) is 13.5. The number of anilines is 1. The minimum atomic E-state index is 0.0718. The van der Waals surface area contributed by atoms with Gasteiger partial charge in [0.15, 0.2) is 5.65 Å². The normalized spacial score (nSPS) is 17.3. The van der Waals surface area contributed by atoms with Crippen molar-refractivity contribution < 1.29 is 4.74 Å². The van der Waals surface area contributed by atoms with E-state index in [1.165, 1.54) is 0 Å². The van der Waals surface area contributed by atoms with Crippen LogP contribution in [-0.2, 0) is 0 Å². The van der Waals surface area contributed by atoms with Crippen molar-refractivity contribution in [2.75, 3.05) is 18.4 Å². The third-order valence-corrected chi connectivity index (χ3v) is 4.15. The van der Waals surface area contributed by atoms with Gasteiger partial charge in [-0.3, -0.25) is 4.40 Å². The van der Waals surface area contributed by atoms with Gasteiger partial charge in [0.05, 0.1) is 36.1 Å². The average molecular weight is 338 g/mol. The lowest BCUT2D eigenvalue weighted by Gasteiger charge is -2.13. The molecule has 0 spiro atoms. The first-order chi connectivity index (χ1) is 12.2. The number of imidazole rings is 1. The first kappa shape index (κ1) is 15.8. The Balaban J connectivity index is 1.66. The SMILES string of the molecule is CC(C)Oc1cn2c(-c3cccc(NC4CCNC4)n3)cnc2cn1. The molecule has 1 unspecified atom stereocenters. The molecule has 0 bridgehead atoms. The van der Waals surface area contributed by atoms with E-state index in [2.05, 4.69) is 20.6 Å². The number of aromatic nitrogens is 4. The number of pyridine rings is 1. The zero-order valence-corrected chi connectivity index (χ0v) is 14.4. The number of nitrogens with zero attached hydrogens (tertiary/aromatic N) is 4. The van der Waals surface area contributed by atoms with Gasteiger partial charge in [-0.25, -0.2) is 15.0 Å². The van der Waals surface area contributed by atoms with Gasteiger partial charge in [0.25, 0.3) is 0 Å². The molecule has 1 fully saturated rings. The van der Waals surface area contributed by atoms with Crippen molar-refractivity contribution in [3.8, 4) is 17.3 Å². The first-order valence-corrected chi connectivity index (χ1v) is 8.63. The fourth-order valence-corrected chi connectivity index (χ4v) is 3.01. The molecule has 0 aromatic carbocycles. The number of hydrogen-bond donors (Lipinski definition) is 2. The Bertz CT molecular complexity index is 869. The van der Waals surface area contributed by atoms with E-state index in [0.717, 1.165) is 42.4 Å². The summed E-state index contributed by atoms with van der Waals surface area (Å²) in [6, 6.07) is 6.43. The van der Waals surface area contributed by atoms with Crippen molar-refractivity contribution in [3.63, 3.8) is 0 Å². The Kier molecular flexibility index (Phi) is 4.23. The van der Waals surface area contributed by atoms with Crippen LogP contribution in [0.2, 0.25) is 0 Å². The fraction of sp³-hybridized carbons (Fsp3) is 0.389. The molecule has 7 heteroatoms. The molecule has 0 radical (unpaired) electrons. The maximum absolute atomic E-state index is 5.70. The molecule has 4 rings (SSSR count). The van der Waals surface area contributed by atoms with Crippen LogP contribution >= 0.6 is 0 Å². The molecule has 1 aliphatic rings. The molecule has 1 atom stereocenters. The molecule has 7 nitrogen and oxygen atoms in total. The van der Waals surface area contributed by atoms with E-state index in [9.17, 15) is 0 Å². The molecule has 3 aromatic heterocycles. The Hall–Kier alpha value is -2.67. The van der Waals surface area contributed by atoms with Crippen LogP contribution in [0.25, 0.3) is 17.0 Å². The summed E-state index contributed by atoms with van der Waals surface area (Å²) in [7, 11) is 0. The second-order valence-electron chi connectivity index (χ2n) is 6.51. The molecular formula is C18H22N6O. The molecule has 2 N–H and O–H groups in total. The van der Waals surface area contributed by atoms with Gasteiger partial charge in [0, 0.05) is 12.6 Å². The van der Waals surface area contributed by atoms with Crippen molar-refractivity contribution in [2.45, 2.75) is 32.4 Å². The Morgan fingerprint density at radius 1 is 1.28 bits per heavy atom. The smallest absolute Gasteiger partial charge is 0.230 e. The van der Waals surface area contributed by atoms with Gasteiger partial charge in [0.2, 0.25) is 5.88 Å². The van der Waals surface area contributed by atoms with Crippen LogP contribution < -0.4 is 15.4 Å². The quantitative estimate of drug-likeness (QED) is 0.744. The molecule has 0 amide bonds. The minimum Gasteiger partial charge on any atom is -0.474 e. The summed E-state index contributed by atoms with van der Waals surface area (Å²) in [6.07, 6.45) is 6.58. The molecule has 25 heavy (non-hydrogen) atoms. The second kappa shape index (κ2) is 6.68. The topological polar surface area (TPSA) is 76.4 Å². The Labute approximate surface area is 146 Å². The van der Waals surface area contributed by atoms with Crippen LogP contribution in [0.1, 0.15) is 20.3 Å². The van der Waals surface area contributed by atoms with E-state index in [0.29, 0.717) is 11.9 Å². The number of fused-ring (bicyclic) bond motifs is 1. The molecule has 1 saturated heterocycles. The Morgan fingerprint density at radius 2 is 2.20 bits per heavy atom. The molecule has 0 aliphatic carbocycles. The molecule has 1 aliphatic heterocycles. The van der Waals surface area contributed by atoms with Crippen molar-refractivity contribution >= 4 is 11.5 Å². The predicted molar refractivity (Wildman–Crippen MR) is 96.9 cm³/mol. The summed E-state index contributed by atoms with van der Waals surface area (Å²) in [6.45, 7) is 5.99. The van der Waals surface area contributed by atoms with E-state index in [-0.39, 0.29) is 6.10 Å². The highest BCUT2D eigenvalue weighted by Crippen LogP contribution is 2.22. The summed E-state index contributed by atoms with van der Waals surface area (Å²) in [5.41, 5.74) is 2.55. The maximum Gasteiger partial charge on any atom is 0.230 e. The molecule has 130 valence electrons. The van der Waals surface area contributed by atoms with Crippen molar-refractivity contribution in [1.82, 2.24) is 24.7 Å². The lowest BCUT2D eigenvalue weighted by Crippen LogP contribution is -2.22. The van der Waals surface area contributed by atoms with Crippen molar-refractivity contribution in [1.29, 1.82) is 0 Å². The van der Waals surface area contributed by atoms with E-state index in [1.807, 2.05) is 48.8 Å². The van der Waals surface area contributed by atoms with Gasteiger partial charge in [-0.05, 0) is 38.9 Å². The predicted octanol–water partition coefficient (Wildman–Crippen LogP) is 2.35. The van der Waals surface area contributed by atoms with Crippen LogP contribution in [-0.4, -0.2) is 44.6 Å². The first-order valence-electron chi connectivity index (χ1n) is 8.63. The van der Waals surface area contributed by atoms with Gasteiger partial charge >= 0.3 is 0 Å². The van der Waals surface area contributed by atoms with Crippen LogP contribution in [0.3, 0.4) is 0 Å². The zero-order valence-electron chi connectivity index (χ0n) is 14.4. The zero-order chi connectivity index (χ0) is 17.2. The highest BCUT2D eigenvalue weighted by molar-refractivity contribution is 5.61. The number of rotatable bonds is 5. The fourth-order valence-electron chi connectivity index (χ4n) is 3.01. The summed E-state index contributed by atoms with van der Waals surface area (Å²) in [5, 5.41) is 6.84. The van der Waals surface area contributed by atoms with Crippen LogP contribution in [0.5, 0.6) is 5.88 Å². The number of hydrogen-bond acceptors (Lipinski definition) is 6. The lowest BCUT2D eigenvalue weighted by atomic mass is 10.2. The van der Waals surface area contributed by atoms with E-state index in [1.54, 1.807) is 6.20 Å². The van der Waals surface area contributed by atoms with Crippen LogP contribution in [0, 0.1) is 0 Å². The standard InChI is InChI=1S/C18H22N6O/c1-12(2)25-18-11-24-15(9-20-17(24)10-21-18)14-4-3-5-16(23-14)22-13-6-7-19-8-13/h3-5,9-13,19H,6-8H2,1-2H3,(H,22,23). The van der Waals surface area contributed by atoms with Gasteiger partial charge in [0.1, 0.15) is 5.82 Å². The number of ether oxygens (including phenoxy) is 1. The molecule has 0 saturated carbocycles. The monoisotopic (exact) mass is 338 g/mol. The summed E-state index contributed by atoms with van der Waals surface area (Å²) >= 11 is 0. The Morgan fingerprint density at radius 3 is 3.00 bits per heavy atom. The minimum absolute atomic E-state index is 0.0718. The second-order valence-corrected chi connectivity index (χ2v) is 6.51. The summed E-state index contributed by atoms with van der Waals surface area (Å²) in [5.74, 6) is 1.46. The van der Waals surface area contributed by atoms with Gasteiger partial charge in [-0.2, -0.15) is 0 Å². The number of nitrogens with one attached hydrogen (secondary N) is 2. The van der Waals surface area contributed by atoms with Crippen LogP contribution in [0.4, 0.5) is 5.82 Å². The third-order valence-electron chi connectivity index (χ3n) is 4.15. The highest BCUT2D eigenvalue weighted by Gasteiger charge is 2.15. The van der Waals surface area contributed by atoms with Crippen LogP contribution in [0.15, 0.2) is 36.8 Å². The highest BCUT2D eigenvalue weighted by atomic mass is 16.5. The average Bonchev–Trinajstić information content (AvgIpc) is 3.24. The van der Waals surface area contributed by atoms with Crippen molar-refractivity contribution in [3.05, 3.63) is 36.8 Å². The van der Waals surface area contributed by atoms with Gasteiger partial charge in [-0.1, -0.05) is 6.07 Å². The van der Waals surface area contributed by atoms with E-state index >= 15 is 0 Å². The molecular weight excluding hydrogens is 316 g/mol. The molecule has 4 heterocycles. The third kappa shape index (κ3) is 3.41. The summed E-state index contributed by atoms with van der Waals surface area (Å²) < 4.78 is 7.66.